The van der Waals surface area contributed by atoms with Crippen LogP contribution in [0.15, 0.2) is 22.7 Å². The molecule has 0 atom stereocenters. The lowest BCUT2D eigenvalue weighted by atomic mass is 10.1. The summed E-state index contributed by atoms with van der Waals surface area (Å²) in [4.78, 5) is 6.63. The van der Waals surface area contributed by atoms with Crippen molar-refractivity contribution in [1.29, 1.82) is 0 Å². The molecule has 0 unspecified atom stereocenters. The van der Waals surface area contributed by atoms with Gasteiger partial charge in [0.2, 0.25) is 5.89 Å². The lowest BCUT2D eigenvalue weighted by Crippen LogP contribution is -2.42. The third-order valence-corrected chi connectivity index (χ3v) is 3.79. The fraction of sp³-hybridized carbons (Fsp3) is 0.429. The molecular weight excluding hydrogens is 295 g/mol. The van der Waals surface area contributed by atoms with E-state index in [0.29, 0.717) is 29.7 Å². The van der Waals surface area contributed by atoms with Gasteiger partial charge >= 0.3 is 0 Å². The first-order chi connectivity index (χ1) is 10.2. The number of halogens is 2. The summed E-state index contributed by atoms with van der Waals surface area (Å²) >= 11 is 6.00. The van der Waals surface area contributed by atoms with Crippen LogP contribution in [0.3, 0.4) is 0 Å². The molecule has 0 bridgehead atoms. The number of piperazine rings is 1. The van der Waals surface area contributed by atoms with Gasteiger partial charge in [-0.15, -0.1) is 0 Å². The highest BCUT2D eigenvalue weighted by Crippen LogP contribution is 2.19. The summed E-state index contributed by atoms with van der Waals surface area (Å²) in [6, 6.07) is 4.31. The highest BCUT2D eigenvalue weighted by molar-refractivity contribution is 6.31. The molecule has 0 saturated carbocycles. The molecule has 21 heavy (non-hydrogen) atoms. The van der Waals surface area contributed by atoms with Gasteiger partial charge in [0.15, 0.2) is 5.82 Å². The number of hydrogen-bond donors (Lipinski definition) is 1. The van der Waals surface area contributed by atoms with E-state index in [9.17, 15) is 4.39 Å². The zero-order valence-corrected chi connectivity index (χ0v) is 12.2. The predicted octanol–water partition coefficient (Wildman–Crippen LogP) is 1.86. The molecule has 1 N–H and O–H groups in total. The van der Waals surface area contributed by atoms with E-state index < -0.39 is 0 Å². The Morgan fingerprint density at radius 2 is 2.14 bits per heavy atom. The zero-order chi connectivity index (χ0) is 14.7. The Bertz CT molecular complexity index is 613. The maximum absolute atomic E-state index is 13.0. The maximum Gasteiger partial charge on any atom is 0.240 e. The van der Waals surface area contributed by atoms with E-state index in [1.807, 2.05) is 0 Å². The number of benzene rings is 1. The summed E-state index contributed by atoms with van der Waals surface area (Å²) in [5.41, 5.74) is 0.785. The van der Waals surface area contributed by atoms with E-state index in [1.165, 1.54) is 12.1 Å². The molecule has 1 aliphatic rings. The van der Waals surface area contributed by atoms with E-state index in [0.717, 1.165) is 31.7 Å². The smallest absolute Gasteiger partial charge is 0.240 e. The van der Waals surface area contributed by atoms with Crippen LogP contribution in [0.2, 0.25) is 5.02 Å². The van der Waals surface area contributed by atoms with Crippen molar-refractivity contribution in [2.24, 2.45) is 0 Å². The van der Waals surface area contributed by atoms with E-state index in [1.54, 1.807) is 6.07 Å². The zero-order valence-electron chi connectivity index (χ0n) is 11.5. The molecule has 0 amide bonds. The Hall–Kier alpha value is -1.50. The molecule has 7 heteroatoms. The molecule has 112 valence electrons. The second kappa shape index (κ2) is 6.51. The first-order valence-corrected chi connectivity index (χ1v) is 7.27. The lowest BCUT2D eigenvalue weighted by molar-refractivity contribution is 0.203. The van der Waals surface area contributed by atoms with Crippen LogP contribution >= 0.6 is 11.6 Å². The van der Waals surface area contributed by atoms with Gasteiger partial charge in [-0.2, -0.15) is 4.98 Å². The molecule has 1 aromatic carbocycles. The monoisotopic (exact) mass is 310 g/mol. The first-order valence-electron chi connectivity index (χ1n) is 6.89. The molecule has 1 fully saturated rings. The van der Waals surface area contributed by atoms with Crippen molar-refractivity contribution in [1.82, 2.24) is 20.4 Å². The molecule has 1 saturated heterocycles. The molecule has 2 aromatic rings. The molecular formula is C14H16ClFN4O. The van der Waals surface area contributed by atoms with Gasteiger partial charge in [0, 0.05) is 37.6 Å². The Morgan fingerprint density at radius 3 is 2.90 bits per heavy atom. The van der Waals surface area contributed by atoms with Crippen LogP contribution in [0.4, 0.5) is 4.39 Å². The largest absolute Gasteiger partial charge is 0.338 e. The van der Waals surface area contributed by atoms with Crippen LogP contribution in [-0.2, 0) is 13.0 Å². The number of hydrogen-bond acceptors (Lipinski definition) is 5. The minimum Gasteiger partial charge on any atom is -0.338 e. The summed E-state index contributed by atoms with van der Waals surface area (Å²) in [7, 11) is 0. The summed E-state index contributed by atoms with van der Waals surface area (Å²) in [6.07, 6.45) is 0.435. The molecule has 3 rings (SSSR count). The van der Waals surface area contributed by atoms with Gasteiger partial charge in [-0.1, -0.05) is 22.8 Å². The molecule has 2 heterocycles. The van der Waals surface area contributed by atoms with E-state index in [4.69, 9.17) is 16.1 Å². The topological polar surface area (TPSA) is 54.2 Å². The van der Waals surface area contributed by atoms with Gasteiger partial charge in [0.25, 0.3) is 0 Å². The van der Waals surface area contributed by atoms with E-state index in [-0.39, 0.29) is 5.82 Å². The van der Waals surface area contributed by atoms with Crippen molar-refractivity contribution in [3.8, 4) is 0 Å². The fourth-order valence-corrected chi connectivity index (χ4v) is 2.56. The van der Waals surface area contributed by atoms with Crippen LogP contribution in [0.25, 0.3) is 0 Å². The molecule has 0 aliphatic carbocycles. The van der Waals surface area contributed by atoms with Crippen molar-refractivity contribution in [2.75, 3.05) is 26.2 Å². The van der Waals surface area contributed by atoms with Crippen LogP contribution in [-0.4, -0.2) is 41.2 Å². The highest BCUT2D eigenvalue weighted by Gasteiger charge is 2.15. The molecule has 5 nitrogen and oxygen atoms in total. The Kier molecular flexibility index (Phi) is 4.48. The first kappa shape index (κ1) is 14.4. The Balaban J connectivity index is 1.64. The third kappa shape index (κ3) is 3.78. The Labute approximate surface area is 127 Å². The highest BCUT2D eigenvalue weighted by atomic mass is 35.5. The lowest BCUT2D eigenvalue weighted by Gasteiger charge is -2.25. The van der Waals surface area contributed by atoms with Crippen molar-refractivity contribution in [3.63, 3.8) is 0 Å². The van der Waals surface area contributed by atoms with Gasteiger partial charge in [-0.05, 0) is 17.7 Å². The van der Waals surface area contributed by atoms with Gasteiger partial charge in [0.1, 0.15) is 5.82 Å². The van der Waals surface area contributed by atoms with Crippen LogP contribution < -0.4 is 5.32 Å². The minimum absolute atomic E-state index is 0.351. The van der Waals surface area contributed by atoms with Gasteiger partial charge in [-0.3, -0.25) is 4.90 Å². The average Bonchev–Trinajstić information content (AvgIpc) is 2.90. The second-order valence-corrected chi connectivity index (χ2v) is 5.45. The number of aromatic nitrogens is 2. The van der Waals surface area contributed by atoms with Crippen molar-refractivity contribution in [3.05, 3.63) is 46.3 Å². The second-order valence-electron chi connectivity index (χ2n) is 5.04. The predicted molar refractivity (Wildman–Crippen MR) is 76.7 cm³/mol. The summed E-state index contributed by atoms with van der Waals surface area (Å²) in [5, 5.41) is 7.63. The SMILES string of the molecule is Fc1ccc(Cc2noc(CN3CCNCC3)n2)c(Cl)c1. The normalized spacial score (nSPS) is 16.3. The summed E-state index contributed by atoms with van der Waals surface area (Å²) in [5.74, 6) is 0.815. The average molecular weight is 311 g/mol. The number of nitrogens with zero attached hydrogens (tertiary/aromatic N) is 3. The summed E-state index contributed by atoms with van der Waals surface area (Å²) in [6.45, 7) is 4.56. The Morgan fingerprint density at radius 1 is 1.33 bits per heavy atom. The maximum atomic E-state index is 13.0. The summed E-state index contributed by atoms with van der Waals surface area (Å²) < 4.78 is 18.3. The standard InChI is InChI=1S/C14H16ClFN4O/c15-12-8-11(16)2-1-10(12)7-13-18-14(21-19-13)9-20-5-3-17-4-6-20/h1-2,8,17H,3-7,9H2. The van der Waals surface area contributed by atoms with Crippen molar-refractivity contribution >= 4 is 11.6 Å². The van der Waals surface area contributed by atoms with E-state index >= 15 is 0 Å². The third-order valence-electron chi connectivity index (χ3n) is 3.44. The molecule has 0 radical (unpaired) electrons. The quantitative estimate of drug-likeness (QED) is 0.934. The minimum atomic E-state index is -0.351. The van der Waals surface area contributed by atoms with Gasteiger partial charge in [-0.25, -0.2) is 4.39 Å². The van der Waals surface area contributed by atoms with Crippen LogP contribution in [0.5, 0.6) is 0 Å². The van der Waals surface area contributed by atoms with Crippen LogP contribution in [0, 0.1) is 5.82 Å². The molecule has 1 aromatic heterocycles. The number of nitrogens with one attached hydrogen (secondary N) is 1. The van der Waals surface area contributed by atoms with Gasteiger partial charge < -0.3 is 9.84 Å². The molecule has 0 spiro atoms. The van der Waals surface area contributed by atoms with Crippen molar-refractivity contribution in [2.45, 2.75) is 13.0 Å². The van der Waals surface area contributed by atoms with Crippen LogP contribution in [0.1, 0.15) is 17.3 Å². The molecule has 1 aliphatic heterocycles. The fourth-order valence-electron chi connectivity index (χ4n) is 2.32. The van der Waals surface area contributed by atoms with E-state index in [2.05, 4.69) is 20.4 Å². The van der Waals surface area contributed by atoms with Gasteiger partial charge in [0.05, 0.1) is 6.54 Å². The van der Waals surface area contributed by atoms with Crippen molar-refractivity contribution < 1.29 is 8.91 Å². The number of rotatable bonds is 4.